The summed E-state index contributed by atoms with van der Waals surface area (Å²) in [5.41, 5.74) is 0.924. The van der Waals surface area contributed by atoms with Gasteiger partial charge < -0.3 is 5.11 Å². The number of likely N-dealkylation sites (N-methyl/N-ethyl adjacent to an activating group) is 1. The number of halogens is 1. The van der Waals surface area contributed by atoms with Gasteiger partial charge in [0, 0.05) is 36.3 Å². The third kappa shape index (κ3) is 3.62. The minimum absolute atomic E-state index is 0.343. The molecule has 1 unspecified atom stereocenters. The van der Waals surface area contributed by atoms with Gasteiger partial charge in [0.1, 0.15) is 5.75 Å². The van der Waals surface area contributed by atoms with Crippen molar-refractivity contribution in [3.8, 4) is 5.75 Å². The number of rotatable bonds is 5. The van der Waals surface area contributed by atoms with Gasteiger partial charge in [-0.3, -0.25) is 9.80 Å². The number of phenolic OH excluding ortho intramolecular Hbond substituents is 1. The molecule has 1 aromatic rings. The fourth-order valence-electron chi connectivity index (χ4n) is 2.92. The summed E-state index contributed by atoms with van der Waals surface area (Å²) in [6.45, 7) is 9.60. The van der Waals surface area contributed by atoms with Crippen LogP contribution >= 0.6 is 11.6 Å². The topological polar surface area (TPSA) is 26.7 Å². The summed E-state index contributed by atoms with van der Waals surface area (Å²) < 4.78 is 0. The van der Waals surface area contributed by atoms with E-state index in [2.05, 4.69) is 23.6 Å². The number of phenols is 1. The summed E-state index contributed by atoms with van der Waals surface area (Å²) in [7, 11) is 0. The van der Waals surface area contributed by atoms with Crippen LogP contribution in [-0.2, 0) is 6.54 Å². The lowest BCUT2D eigenvalue weighted by Crippen LogP contribution is -2.37. The first-order valence-electron chi connectivity index (χ1n) is 7.07. The molecule has 1 heterocycles. The molecule has 106 valence electrons. The summed E-state index contributed by atoms with van der Waals surface area (Å²) >= 11 is 5.99. The van der Waals surface area contributed by atoms with E-state index in [1.165, 1.54) is 6.42 Å². The van der Waals surface area contributed by atoms with Gasteiger partial charge >= 0.3 is 0 Å². The summed E-state index contributed by atoms with van der Waals surface area (Å²) in [4.78, 5) is 4.91. The number of hydrogen-bond acceptors (Lipinski definition) is 3. The van der Waals surface area contributed by atoms with E-state index in [1.807, 2.05) is 6.07 Å². The number of aromatic hydroxyl groups is 1. The highest BCUT2D eigenvalue weighted by Crippen LogP contribution is 2.25. The average molecular weight is 283 g/mol. The van der Waals surface area contributed by atoms with Gasteiger partial charge in [-0.1, -0.05) is 25.4 Å². The molecule has 0 aromatic heterocycles. The van der Waals surface area contributed by atoms with Gasteiger partial charge in [-0.05, 0) is 37.7 Å². The lowest BCUT2D eigenvalue weighted by Gasteiger charge is -2.26. The highest BCUT2D eigenvalue weighted by atomic mass is 35.5. The molecule has 1 fully saturated rings. The molecule has 0 bridgehead atoms. The van der Waals surface area contributed by atoms with Crippen molar-refractivity contribution in [1.29, 1.82) is 0 Å². The minimum Gasteiger partial charge on any atom is -0.508 e. The van der Waals surface area contributed by atoms with E-state index >= 15 is 0 Å². The van der Waals surface area contributed by atoms with Crippen molar-refractivity contribution in [3.05, 3.63) is 28.8 Å². The molecule has 1 saturated heterocycles. The van der Waals surface area contributed by atoms with Gasteiger partial charge in [-0.2, -0.15) is 0 Å². The highest BCUT2D eigenvalue weighted by Gasteiger charge is 2.26. The van der Waals surface area contributed by atoms with Crippen molar-refractivity contribution in [2.75, 3.05) is 26.2 Å². The Morgan fingerprint density at radius 2 is 2.11 bits per heavy atom. The van der Waals surface area contributed by atoms with Crippen molar-refractivity contribution in [2.24, 2.45) is 0 Å². The first-order chi connectivity index (χ1) is 9.13. The van der Waals surface area contributed by atoms with Crippen LogP contribution in [0, 0.1) is 0 Å². The quantitative estimate of drug-likeness (QED) is 0.899. The molecule has 1 N–H and O–H groups in total. The summed E-state index contributed by atoms with van der Waals surface area (Å²) in [5.74, 6) is 0.343. The molecular formula is C15H23ClN2O. The van der Waals surface area contributed by atoms with Crippen molar-refractivity contribution >= 4 is 11.6 Å². The minimum atomic E-state index is 0.343. The Bertz CT molecular complexity index is 421. The van der Waals surface area contributed by atoms with Crippen LogP contribution in [0.15, 0.2) is 18.2 Å². The number of nitrogens with zero attached hydrogens (tertiary/aromatic N) is 2. The van der Waals surface area contributed by atoms with E-state index in [0.29, 0.717) is 16.8 Å². The lowest BCUT2D eigenvalue weighted by atomic mass is 10.2. The SMILES string of the molecule is CCN(CC)C1CCN(Cc2cc(Cl)ccc2O)C1. The molecule has 0 saturated carbocycles. The zero-order valence-electron chi connectivity index (χ0n) is 11.8. The summed E-state index contributed by atoms with van der Waals surface area (Å²) in [6.07, 6.45) is 1.21. The third-order valence-corrected chi connectivity index (χ3v) is 4.25. The molecule has 0 spiro atoms. The van der Waals surface area contributed by atoms with Crippen LogP contribution in [0.1, 0.15) is 25.8 Å². The standard InChI is InChI=1S/C15H23ClN2O/c1-3-18(4-2)14-7-8-17(11-14)10-12-9-13(16)5-6-15(12)19/h5-6,9,14,19H,3-4,7-8,10-11H2,1-2H3. The van der Waals surface area contributed by atoms with Crippen LogP contribution in [0.25, 0.3) is 0 Å². The first-order valence-corrected chi connectivity index (χ1v) is 7.45. The Morgan fingerprint density at radius 3 is 2.79 bits per heavy atom. The van der Waals surface area contributed by atoms with Crippen LogP contribution in [-0.4, -0.2) is 47.1 Å². The van der Waals surface area contributed by atoms with Crippen LogP contribution in [0.5, 0.6) is 5.75 Å². The van der Waals surface area contributed by atoms with E-state index in [4.69, 9.17) is 11.6 Å². The fourth-order valence-corrected chi connectivity index (χ4v) is 3.11. The molecule has 0 aliphatic carbocycles. The molecule has 1 aliphatic rings. The van der Waals surface area contributed by atoms with E-state index < -0.39 is 0 Å². The highest BCUT2D eigenvalue weighted by molar-refractivity contribution is 6.30. The van der Waals surface area contributed by atoms with Gasteiger partial charge in [0.2, 0.25) is 0 Å². The van der Waals surface area contributed by atoms with Gasteiger partial charge in [0.25, 0.3) is 0 Å². The predicted molar refractivity (Wildman–Crippen MR) is 79.7 cm³/mol. The summed E-state index contributed by atoms with van der Waals surface area (Å²) in [6, 6.07) is 5.91. The molecule has 1 atom stereocenters. The largest absolute Gasteiger partial charge is 0.508 e. The van der Waals surface area contributed by atoms with Crippen molar-refractivity contribution < 1.29 is 5.11 Å². The Kier molecular flexibility index (Phi) is 5.08. The molecule has 2 rings (SSSR count). The molecule has 1 aromatic carbocycles. The maximum Gasteiger partial charge on any atom is 0.120 e. The van der Waals surface area contributed by atoms with Crippen LogP contribution in [0.4, 0.5) is 0 Å². The van der Waals surface area contributed by atoms with Gasteiger partial charge in [-0.25, -0.2) is 0 Å². The van der Waals surface area contributed by atoms with Crippen molar-refractivity contribution in [2.45, 2.75) is 32.9 Å². The molecular weight excluding hydrogens is 260 g/mol. The second kappa shape index (κ2) is 6.60. The van der Waals surface area contributed by atoms with Crippen molar-refractivity contribution in [3.63, 3.8) is 0 Å². The van der Waals surface area contributed by atoms with Crippen LogP contribution in [0.2, 0.25) is 5.02 Å². The van der Waals surface area contributed by atoms with E-state index in [0.717, 1.165) is 38.3 Å². The van der Waals surface area contributed by atoms with Crippen LogP contribution in [0.3, 0.4) is 0 Å². The van der Waals surface area contributed by atoms with E-state index in [1.54, 1.807) is 12.1 Å². The Morgan fingerprint density at radius 1 is 1.37 bits per heavy atom. The van der Waals surface area contributed by atoms with Gasteiger partial charge in [-0.15, -0.1) is 0 Å². The number of likely N-dealkylation sites (tertiary alicyclic amines) is 1. The third-order valence-electron chi connectivity index (χ3n) is 4.01. The van der Waals surface area contributed by atoms with Gasteiger partial charge in [0.15, 0.2) is 0 Å². The Hall–Kier alpha value is -0.770. The smallest absolute Gasteiger partial charge is 0.120 e. The summed E-state index contributed by atoms with van der Waals surface area (Å²) in [5, 5.41) is 10.6. The normalized spacial score (nSPS) is 20.3. The molecule has 4 heteroatoms. The predicted octanol–water partition coefficient (Wildman–Crippen LogP) is 2.96. The monoisotopic (exact) mass is 282 g/mol. The fraction of sp³-hybridized carbons (Fsp3) is 0.600. The molecule has 0 amide bonds. The Labute approximate surface area is 120 Å². The molecule has 19 heavy (non-hydrogen) atoms. The van der Waals surface area contributed by atoms with E-state index in [9.17, 15) is 5.11 Å². The number of hydrogen-bond donors (Lipinski definition) is 1. The molecule has 1 aliphatic heterocycles. The first kappa shape index (κ1) is 14.6. The molecule has 3 nitrogen and oxygen atoms in total. The zero-order valence-corrected chi connectivity index (χ0v) is 12.5. The second-order valence-corrected chi connectivity index (χ2v) is 5.61. The van der Waals surface area contributed by atoms with Crippen LogP contribution < -0.4 is 0 Å². The zero-order chi connectivity index (χ0) is 13.8. The molecule has 0 radical (unpaired) electrons. The maximum absolute atomic E-state index is 9.87. The lowest BCUT2D eigenvalue weighted by molar-refractivity contribution is 0.208. The van der Waals surface area contributed by atoms with Gasteiger partial charge in [0.05, 0.1) is 0 Å². The number of benzene rings is 1. The van der Waals surface area contributed by atoms with Crippen molar-refractivity contribution in [1.82, 2.24) is 9.80 Å². The van der Waals surface area contributed by atoms with E-state index in [-0.39, 0.29) is 0 Å². The average Bonchev–Trinajstić information content (AvgIpc) is 2.84. The maximum atomic E-state index is 9.87. The Balaban J connectivity index is 1.96. The second-order valence-electron chi connectivity index (χ2n) is 5.17.